The minimum atomic E-state index is 0.866. The first-order valence-electron chi connectivity index (χ1n) is 7.78. The molecule has 0 bridgehead atoms. The van der Waals surface area contributed by atoms with E-state index in [9.17, 15) is 0 Å². The van der Waals surface area contributed by atoms with Crippen molar-refractivity contribution in [1.29, 1.82) is 0 Å². The molecule has 0 amide bonds. The first-order valence-corrected chi connectivity index (χ1v) is 7.78. The molecule has 0 aliphatic rings. The molecule has 0 unspecified atom stereocenters. The van der Waals surface area contributed by atoms with E-state index >= 15 is 0 Å². The van der Waals surface area contributed by atoms with Gasteiger partial charge in [0.2, 0.25) is 0 Å². The molecular formula is C19H21N3. The van der Waals surface area contributed by atoms with E-state index in [1.54, 1.807) is 0 Å². The summed E-state index contributed by atoms with van der Waals surface area (Å²) in [5.41, 5.74) is 4.55. The highest BCUT2D eigenvalue weighted by Crippen LogP contribution is 2.25. The van der Waals surface area contributed by atoms with E-state index in [2.05, 4.69) is 71.5 Å². The highest BCUT2D eigenvalue weighted by atomic mass is 15.3. The number of aromatic nitrogens is 2. The monoisotopic (exact) mass is 291 g/mol. The van der Waals surface area contributed by atoms with Gasteiger partial charge >= 0.3 is 0 Å². The predicted octanol–water partition coefficient (Wildman–Crippen LogP) is 3.83. The van der Waals surface area contributed by atoms with Crippen LogP contribution < -0.4 is 5.32 Å². The van der Waals surface area contributed by atoms with E-state index in [0.717, 1.165) is 36.6 Å². The van der Waals surface area contributed by atoms with Crippen molar-refractivity contribution in [3.8, 4) is 22.5 Å². The van der Waals surface area contributed by atoms with Gasteiger partial charge in [-0.15, -0.1) is 0 Å². The Hall–Kier alpha value is -2.39. The van der Waals surface area contributed by atoms with E-state index < -0.39 is 0 Å². The Labute approximate surface area is 131 Å². The molecule has 0 spiro atoms. The molecule has 0 aliphatic heterocycles. The smallest absolute Gasteiger partial charge is 0.0929 e. The van der Waals surface area contributed by atoms with Crippen molar-refractivity contribution in [1.82, 2.24) is 15.1 Å². The number of hydrogen-bond acceptors (Lipinski definition) is 2. The first-order chi connectivity index (χ1) is 10.9. The topological polar surface area (TPSA) is 29.9 Å². The molecule has 0 saturated heterocycles. The van der Waals surface area contributed by atoms with E-state index in [-0.39, 0.29) is 0 Å². The van der Waals surface area contributed by atoms with E-state index in [1.165, 1.54) is 5.56 Å². The van der Waals surface area contributed by atoms with Crippen molar-refractivity contribution >= 4 is 0 Å². The zero-order valence-electron chi connectivity index (χ0n) is 12.9. The lowest BCUT2D eigenvalue weighted by Gasteiger charge is -2.07. The second-order valence-corrected chi connectivity index (χ2v) is 5.22. The lowest BCUT2D eigenvalue weighted by atomic mass is 10.1. The average Bonchev–Trinajstić information content (AvgIpc) is 3.01. The van der Waals surface area contributed by atoms with Crippen LogP contribution in [0.5, 0.6) is 0 Å². The normalized spacial score (nSPS) is 10.8. The summed E-state index contributed by atoms with van der Waals surface area (Å²) in [6.07, 6.45) is 0. The molecule has 0 radical (unpaired) electrons. The lowest BCUT2D eigenvalue weighted by molar-refractivity contribution is 0.571. The third-order valence-corrected chi connectivity index (χ3v) is 3.67. The predicted molar refractivity (Wildman–Crippen MR) is 91.6 cm³/mol. The summed E-state index contributed by atoms with van der Waals surface area (Å²) in [6, 6.07) is 23.0. The van der Waals surface area contributed by atoms with E-state index in [4.69, 9.17) is 5.10 Å². The Morgan fingerprint density at radius 2 is 1.55 bits per heavy atom. The van der Waals surface area contributed by atoms with Gasteiger partial charge in [-0.2, -0.15) is 5.10 Å². The maximum absolute atomic E-state index is 4.81. The number of hydrogen-bond donors (Lipinski definition) is 1. The fourth-order valence-electron chi connectivity index (χ4n) is 2.54. The first kappa shape index (κ1) is 14.5. The SMILES string of the molecule is CCNCCn1nc(-c2ccccc2)cc1-c1ccccc1. The van der Waals surface area contributed by atoms with Crippen LogP contribution in [0, 0.1) is 0 Å². The molecule has 1 N–H and O–H groups in total. The zero-order valence-corrected chi connectivity index (χ0v) is 12.9. The Balaban J connectivity index is 1.97. The van der Waals surface area contributed by atoms with Gasteiger partial charge in [0, 0.05) is 12.1 Å². The summed E-state index contributed by atoms with van der Waals surface area (Å²) in [4.78, 5) is 0. The van der Waals surface area contributed by atoms with Crippen molar-refractivity contribution < 1.29 is 0 Å². The number of nitrogens with one attached hydrogen (secondary N) is 1. The number of benzene rings is 2. The summed E-state index contributed by atoms with van der Waals surface area (Å²) < 4.78 is 2.10. The third-order valence-electron chi connectivity index (χ3n) is 3.67. The van der Waals surface area contributed by atoms with Gasteiger partial charge in [-0.1, -0.05) is 67.6 Å². The molecule has 22 heavy (non-hydrogen) atoms. The van der Waals surface area contributed by atoms with Gasteiger partial charge in [0.05, 0.1) is 17.9 Å². The summed E-state index contributed by atoms with van der Waals surface area (Å²) in [5, 5.41) is 8.17. The lowest BCUT2D eigenvalue weighted by Crippen LogP contribution is -2.20. The summed E-state index contributed by atoms with van der Waals surface area (Å²) in [6.45, 7) is 4.89. The third kappa shape index (κ3) is 3.26. The standard InChI is InChI=1S/C19H21N3/c1-2-20-13-14-22-19(17-11-7-4-8-12-17)15-18(21-22)16-9-5-3-6-10-16/h3-12,15,20H,2,13-14H2,1H3. The Bertz CT molecular complexity index is 702. The van der Waals surface area contributed by atoms with Gasteiger partial charge in [0.15, 0.2) is 0 Å². The molecule has 0 aliphatic carbocycles. The van der Waals surface area contributed by atoms with Crippen molar-refractivity contribution in [2.75, 3.05) is 13.1 Å². The summed E-state index contributed by atoms with van der Waals surface area (Å²) >= 11 is 0. The minimum Gasteiger partial charge on any atom is -0.315 e. The van der Waals surface area contributed by atoms with Crippen LogP contribution in [-0.4, -0.2) is 22.9 Å². The second-order valence-electron chi connectivity index (χ2n) is 5.22. The Morgan fingerprint density at radius 1 is 0.909 bits per heavy atom. The van der Waals surface area contributed by atoms with Crippen LogP contribution in [0.2, 0.25) is 0 Å². The molecular weight excluding hydrogens is 270 g/mol. The maximum Gasteiger partial charge on any atom is 0.0929 e. The molecule has 1 aromatic heterocycles. The molecule has 112 valence electrons. The summed E-state index contributed by atoms with van der Waals surface area (Å²) in [7, 11) is 0. The largest absolute Gasteiger partial charge is 0.315 e. The zero-order chi connectivity index (χ0) is 15.2. The number of nitrogens with zero attached hydrogens (tertiary/aromatic N) is 2. The molecule has 3 rings (SSSR count). The van der Waals surface area contributed by atoms with E-state index in [1.807, 2.05) is 12.1 Å². The van der Waals surface area contributed by atoms with Crippen LogP contribution in [0.25, 0.3) is 22.5 Å². The van der Waals surface area contributed by atoms with Crippen molar-refractivity contribution in [2.45, 2.75) is 13.5 Å². The van der Waals surface area contributed by atoms with Crippen LogP contribution in [-0.2, 0) is 6.54 Å². The minimum absolute atomic E-state index is 0.866. The van der Waals surface area contributed by atoms with Gasteiger partial charge in [-0.3, -0.25) is 4.68 Å². The van der Waals surface area contributed by atoms with Crippen LogP contribution in [0.1, 0.15) is 6.92 Å². The fourth-order valence-corrected chi connectivity index (χ4v) is 2.54. The molecule has 3 nitrogen and oxygen atoms in total. The van der Waals surface area contributed by atoms with Crippen LogP contribution in [0.4, 0.5) is 0 Å². The quantitative estimate of drug-likeness (QED) is 0.700. The van der Waals surface area contributed by atoms with Gasteiger partial charge in [0.25, 0.3) is 0 Å². The van der Waals surface area contributed by atoms with Crippen LogP contribution in [0.15, 0.2) is 66.7 Å². The maximum atomic E-state index is 4.81. The van der Waals surface area contributed by atoms with Crippen LogP contribution >= 0.6 is 0 Å². The Morgan fingerprint density at radius 3 is 2.18 bits per heavy atom. The van der Waals surface area contributed by atoms with Crippen molar-refractivity contribution in [3.05, 3.63) is 66.7 Å². The van der Waals surface area contributed by atoms with Crippen molar-refractivity contribution in [2.24, 2.45) is 0 Å². The molecule has 1 heterocycles. The molecule has 0 fully saturated rings. The second kappa shape index (κ2) is 7.05. The van der Waals surface area contributed by atoms with Gasteiger partial charge in [-0.05, 0) is 18.2 Å². The van der Waals surface area contributed by atoms with Crippen molar-refractivity contribution in [3.63, 3.8) is 0 Å². The molecule has 2 aromatic carbocycles. The molecule has 0 saturated carbocycles. The highest BCUT2D eigenvalue weighted by Gasteiger charge is 2.10. The highest BCUT2D eigenvalue weighted by molar-refractivity contribution is 5.68. The average molecular weight is 291 g/mol. The number of rotatable bonds is 6. The Kier molecular flexibility index (Phi) is 4.66. The van der Waals surface area contributed by atoms with Gasteiger partial charge in [0.1, 0.15) is 0 Å². The fraction of sp³-hybridized carbons (Fsp3) is 0.211. The molecule has 0 atom stereocenters. The molecule has 3 aromatic rings. The summed E-state index contributed by atoms with van der Waals surface area (Å²) in [5.74, 6) is 0. The van der Waals surface area contributed by atoms with Crippen LogP contribution in [0.3, 0.4) is 0 Å². The molecule has 3 heteroatoms. The van der Waals surface area contributed by atoms with Gasteiger partial charge in [-0.25, -0.2) is 0 Å². The van der Waals surface area contributed by atoms with Gasteiger partial charge < -0.3 is 5.32 Å². The van der Waals surface area contributed by atoms with E-state index in [0.29, 0.717) is 0 Å². The number of likely N-dealkylation sites (N-methyl/N-ethyl adjacent to an activating group) is 1.